The first kappa shape index (κ1) is 16.7. The fraction of sp³-hybridized carbons (Fsp3) is 0.667. The third-order valence-corrected chi connectivity index (χ3v) is 2.82. The largest absolute Gasteiger partial charge is 0.547 e. The molecular formula is C12H22O5Si. The Bertz CT molecular complexity index is 317. The molecule has 0 saturated carbocycles. The third kappa shape index (κ3) is 8.80. The van der Waals surface area contributed by atoms with Gasteiger partial charge in [-0.25, -0.2) is 4.79 Å². The zero-order valence-corrected chi connectivity index (χ0v) is 12.7. The van der Waals surface area contributed by atoms with Crippen molar-refractivity contribution in [1.29, 1.82) is 0 Å². The van der Waals surface area contributed by atoms with Crippen molar-refractivity contribution in [2.45, 2.75) is 38.9 Å². The maximum Gasteiger partial charge on any atom is 0.333 e. The molecule has 0 aliphatic heterocycles. The van der Waals surface area contributed by atoms with Gasteiger partial charge >= 0.3 is 11.9 Å². The number of hydrogen-bond donors (Lipinski definition) is 0. The van der Waals surface area contributed by atoms with Crippen LogP contribution < -0.4 is 0 Å². The van der Waals surface area contributed by atoms with Crippen LogP contribution in [0.1, 0.15) is 19.3 Å². The summed E-state index contributed by atoms with van der Waals surface area (Å²) in [4.78, 5) is 22.2. The van der Waals surface area contributed by atoms with E-state index in [2.05, 4.69) is 9.47 Å². The Hall–Kier alpha value is -1.30. The van der Waals surface area contributed by atoms with Gasteiger partial charge in [0.25, 0.3) is 0 Å². The smallest absolute Gasteiger partial charge is 0.333 e. The van der Waals surface area contributed by atoms with Crippen LogP contribution in [-0.2, 0) is 23.5 Å². The van der Waals surface area contributed by atoms with E-state index in [9.17, 15) is 9.59 Å². The highest BCUT2D eigenvalue weighted by molar-refractivity contribution is 6.70. The molecule has 0 fully saturated rings. The molecule has 0 aromatic carbocycles. The SMILES string of the molecule is COC(=O)/C=C(/CCCC(=O)OC)O[Si](C)(C)C. The van der Waals surface area contributed by atoms with Gasteiger partial charge in [-0.05, 0) is 26.1 Å². The molecular weight excluding hydrogens is 252 g/mol. The number of ether oxygens (including phenoxy) is 2. The van der Waals surface area contributed by atoms with E-state index >= 15 is 0 Å². The molecule has 0 unspecified atom stereocenters. The van der Waals surface area contributed by atoms with Crippen molar-refractivity contribution in [1.82, 2.24) is 0 Å². The quantitative estimate of drug-likeness (QED) is 0.308. The van der Waals surface area contributed by atoms with Gasteiger partial charge in [-0.1, -0.05) is 0 Å². The van der Waals surface area contributed by atoms with Crippen LogP contribution in [-0.4, -0.2) is 34.5 Å². The summed E-state index contributed by atoms with van der Waals surface area (Å²) in [6.45, 7) is 6.08. The van der Waals surface area contributed by atoms with Crippen LogP contribution in [0.5, 0.6) is 0 Å². The molecule has 0 amide bonds. The molecule has 6 heteroatoms. The van der Waals surface area contributed by atoms with Crippen LogP contribution in [0, 0.1) is 0 Å². The van der Waals surface area contributed by atoms with E-state index in [0.717, 1.165) is 0 Å². The van der Waals surface area contributed by atoms with Crippen LogP contribution in [0.15, 0.2) is 11.8 Å². The number of allylic oxidation sites excluding steroid dienone is 1. The molecule has 18 heavy (non-hydrogen) atoms. The van der Waals surface area contributed by atoms with Crippen molar-refractivity contribution in [2.24, 2.45) is 0 Å². The maximum atomic E-state index is 11.2. The van der Waals surface area contributed by atoms with Gasteiger partial charge < -0.3 is 13.9 Å². The lowest BCUT2D eigenvalue weighted by Crippen LogP contribution is -2.25. The second-order valence-corrected chi connectivity index (χ2v) is 9.21. The van der Waals surface area contributed by atoms with E-state index in [4.69, 9.17) is 4.43 Å². The molecule has 0 heterocycles. The molecule has 0 N–H and O–H groups in total. The lowest BCUT2D eigenvalue weighted by atomic mass is 10.2. The predicted octanol–water partition coefficient (Wildman–Crippen LogP) is 2.24. The Morgan fingerprint density at radius 2 is 1.67 bits per heavy atom. The molecule has 0 atom stereocenters. The van der Waals surface area contributed by atoms with Gasteiger partial charge in [-0.15, -0.1) is 0 Å². The Morgan fingerprint density at radius 3 is 2.11 bits per heavy atom. The minimum absolute atomic E-state index is 0.263. The highest BCUT2D eigenvalue weighted by atomic mass is 28.4. The molecule has 0 radical (unpaired) electrons. The van der Waals surface area contributed by atoms with E-state index in [-0.39, 0.29) is 5.97 Å². The Balaban J connectivity index is 4.44. The Labute approximate surface area is 109 Å². The van der Waals surface area contributed by atoms with Crippen molar-refractivity contribution in [3.63, 3.8) is 0 Å². The van der Waals surface area contributed by atoms with Crippen molar-refractivity contribution in [3.05, 3.63) is 11.8 Å². The minimum atomic E-state index is -1.78. The minimum Gasteiger partial charge on any atom is -0.547 e. The highest BCUT2D eigenvalue weighted by Gasteiger charge is 2.18. The lowest BCUT2D eigenvalue weighted by molar-refractivity contribution is -0.140. The average Bonchev–Trinajstić information content (AvgIpc) is 2.26. The van der Waals surface area contributed by atoms with Crippen LogP contribution in [0.2, 0.25) is 19.6 Å². The van der Waals surface area contributed by atoms with E-state index < -0.39 is 14.3 Å². The predicted molar refractivity (Wildman–Crippen MR) is 70.4 cm³/mol. The number of carbonyl (C=O) groups is 2. The van der Waals surface area contributed by atoms with Gasteiger partial charge in [0.15, 0.2) is 0 Å². The van der Waals surface area contributed by atoms with Gasteiger partial charge in [0.2, 0.25) is 8.32 Å². The molecule has 0 saturated heterocycles. The zero-order valence-electron chi connectivity index (χ0n) is 11.7. The first-order chi connectivity index (χ1) is 8.28. The lowest BCUT2D eigenvalue weighted by Gasteiger charge is -2.21. The number of esters is 2. The topological polar surface area (TPSA) is 61.8 Å². The van der Waals surface area contributed by atoms with Crippen molar-refractivity contribution < 1.29 is 23.5 Å². The van der Waals surface area contributed by atoms with Gasteiger partial charge in [0.05, 0.1) is 26.1 Å². The first-order valence-corrected chi connectivity index (χ1v) is 9.23. The number of methoxy groups -OCH3 is 2. The Morgan fingerprint density at radius 1 is 1.06 bits per heavy atom. The molecule has 0 aromatic rings. The van der Waals surface area contributed by atoms with Crippen LogP contribution in [0.4, 0.5) is 0 Å². The molecule has 0 spiro atoms. The molecule has 0 aliphatic carbocycles. The van der Waals surface area contributed by atoms with Gasteiger partial charge in [0, 0.05) is 12.8 Å². The number of carbonyl (C=O) groups excluding carboxylic acids is 2. The summed E-state index contributed by atoms with van der Waals surface area (Å²) in [7, 11) is 0.895. The van der Waals surface area contributed by atoms with Crippen LogP contribution >= 0.6 is 0 Å². The van der Waals surface area contributed by atoms with Crippen LogP contribution in [0.3, 0.4) is 0 Å². The fourth-order valence-corrected chi connectivity index (χ4v) is 2.19. The molecule has 104 valence electrons. The molecule has 0 bridgehead atoms. The van der Waals surface area contributed by atoms with Crippen molar-refractivity contribution in [2.75, 3.05) is 14.2 Å². The summed E-state index contributed by atoms with van der Waals surface area (Å²) in [5.74, 6) is -0.133. The molecule has 0 rings (SSSR count). The van der Waals surface area contributed by atoms with E-state index in [1.807, 2.05) is 19.6 Å². The molecule has 0 aliphatic rings. The second-order valence-electron chi connectivity index (χ2n) is 4.78. The molecule has 5 nitrogen and oxygen atoms in total. The van der Waals surface area contributed by atoms with E-state index in [0.29, 0.717) is 25.0 Å². The van der Waals surface area contributed by atoms with E-state index in [1.165, 1.54) is 20.3 Å². The second kappa shape index (κ2) is 7.92. The van der Waals surface area contributed by atoms with Crippen LogP contribution in [0.25, 0.3) is 0 Å². The normalized spacial score (nSPS) is 11.9. The summed E-state index contributed by atoms with van der Waals surface area (Å²) < 4.78 is 14.9. The summed E-state index contributed by atoms with van der Waals surface area (Å²) in [6, 6.07) is 0. The average molecular weight is 274 g/mol. The van der Waals surface area contributed by atoms with Crippen molar-refractivity contribution >= 4 is 20.3 Å². The Kier molecular flexibility index (Phi) is 7.34. The standard InChI is InChI=1S/C12H22O5Si/c1-15-11(13)8-6-7-10(9-12(14)16-2)17-18(3,4)5/h9H,6-8H2,1-5H3/b10-9-. The summed E-state index contributed by atoms with van der Waals surface area (Å²) >= 11 is 0. The molecule has 0 aromatic heterocycles. The van der Waals surface area contributed by atoms with Gasteiger partial charge in [0.1, 0.15) is 0 Å². The van der Waals surface area contributed by atoms with Crippen molar-refractivity contribution in [3.8, 4) is 0 Å². The summed E-state index contributed by atoms with van der Waals surface area (Å²) in [5, 5.41) is 0. The monoisotopic (exact) mass is 274 g/mol. The third-order valence-electron chi connectivity index (χ3n) is 1.95. The van der Waals surface area contributed by atoms with Gasteiger partial charge in [-0.3, -0.25) is 4.79 Å². The maximum absolute atomic E-state index is 11.2. The van der Waals surface area contributed by atoms with Gasteiger partial charge in [-0.2, -0.15) is 0 Å². The highest BCUT2D eigenvalue weighted by Crippen LogP contribution is 2.16. The van der Waals surface area contributed by atoms with E-state index in [1.54, 1.807) is 0 Å². The number of hydrogen-bond acceptors (Lipinski definition) is 5. The summed E-state index contributed by atoms with van der Waals surface area (Å²) in [6.07, 6.45) is 2.76. The first-order valence-electron chi connectivity index (χ1n) is 5.83. The number of rotatable bonds is 7. The fourth-order valence-electron chi connectivity index (χ4n) is 1.25. The zero-order chi connectivity index (χ0) is 14.2. The summed E-state index contributed by atoms with van der Waals surface area (Å²) in [5.41, 5.74) is 0.